The van der Waals surface area contributed by atoms with Gasteiger partial charge >= 0.3 is 5.97 Å². The van der Waals surface area contributed by atoms with Gasteiger partial charge in [-0.2, -0.15) is 0 Å². The summed E-state index contributed by atoms with van der Waals surface area (Å²) < 4.78 is 5.18. The molecule has 2 N–H and O–H groups in total. The van der Waals surface area contributed by atoms with Crippen molar-refractivity contribution in [2.45, 2.75) is 25.8 Å². The van der Waals surface area contributed by atoms with Gasteiger partial charge < -0.3 is 20.1 Å². The van der Waals surface area contributed by atoms with Gasteiger partial charge in [0.05, 0.1) is 19.6 Å². The summed E-state index contributed by atoms with van der Waals surface area (Å²) in [5.41, 5.74) is 0. The highest BCUT2D eigenvalue weighted by atomic mass is 16.5. The van der Waals surface area contributed by atoms with Crippen LogP contribution >= 0.6 is 0 Å². The second kappa shape index (κ2) is 6.95. The van der Waals surface area contributed by atoms with Crippen LogP contribution in [0.15, 0.2) is 0 Å². The molecule has 18 heavy (non-hydrogen) atoms. The molecule has 7 nitrogen and oxygen atoms in total. The number of carbonyl (C=O) groups is 3. The number of carboxylic acid groups (broad SMARTS) is 1. The molecule has 0 saturated carbocycles. The SMILES string of the molecule is CCNC(=O)C1COCCN1C(=O)CCC(=O)O. The lowest BCUT2D eigenvalue weighted by Gasteiger charge is -2.34. The molecular weight excluding hydrogens is 240 g/mol. The van der Waals surface area contributed by atoms with Crippen LogP contribution in [0.25, 0.3) is 0 Å². The molecule has 7 heteroatoms. The van der Waals surface area contributed by atoms with Crippen LogP contribution in [-0.2, 0) is 19.1 Å². The third-order valence-electron chi connectivity index (χ3n) is 2.66. The Hall–Kier alpha value is -1.63. The fraction of sp³-hybridized carbons (Fsp3) is 0.727. The van der Waals surface area contributed by atoms with E-state index in [1.54, 1.807) is 6.92 Å². The van der Waals surface area contributed by atoms with Crippen molar-refractivity contribution >= 4 is 17.8 Å². The monoisotopic (exact) mass is 258 g/mol. The first-order valence-electron chi connectivity index (χ1n) is 5.93. The van der Waals surface area contributed by atoms with Crippen LogP contribution in [0, 0.1) is 0 Å². The van der Waals surface area contributed by atoms with Crippen LogP contribution in [0.5, 0.6) is 0 Å². The van der Waals surface area contributed by atoms with Crippen molar-refractivity contribution in [2.75, 3.05) is 26.3 Å². The van der Waals surface area contributed by atoms with E-state index in [0.29, 0.717) is 19.7 Å². The molecule has 1 rings (SSSR count). The molecule has 1 aliphatic rings. The molecule has 0 aromatic carbocycles. The van der Waals surface area contributed by atoms with E-state index in [1.165, 1.54) is 4.90 Å². The predicted molar refractivity (Wildman–Crippen MR) is 61.9 cm³/mol. The van der Waals surface area contributed by atoms with E-state index in [4.69, 9.17) is 9.84 Å². The quantitative estimate of drug-likeness (QED) is 0.674. The van der Waals surface area contributed by atoms with Crippen molar-refractivity contribution in [2.24, 2.45) is 0 Å². The zero-order valence-corrected chi connectivity index (χ0v) is 10.3. The minimum atomic E-state index is -1.02. The lowest BCUT2D eigenvalue weighted by molar-refractivity contribution is -0.150. The minimum Gasteiger partial charge on any atom is -0.481 e. The third-order valence-corrected chi connectivity index (χ3v) is 2.66. The molecule has 0 aliphatic carbocycles. The van der Waals surface area contributed by atoms with Gasteiger partial charge in [0.25, 0.3) is 0 Å². The Morgan fingerprint density at radius 2 is 2.11 bits per heavy atom. The summed E-state index contributed by atoms with van der Waals surface area (Å²) in [4.78, 5) is 35.4. The maximum atomic E-state index is 11.8. The Morgan fingerprint density at radius 1 is 1.39 bits per heavy atom. The fourth-order valence-electron chi connectivity index (χ4n) is 1.77. The summed E-state index contributed by atoms with van der Waals surface area (Å²) >= 11 is 0. The Labute approximate surface area is 105 Å². The van der Waals surface area contributed by atoms with Crippen LogP contribution < -0.4 is 5.32 Å². The first kappa shape index (κ1) is 14.4. The summed E-state index contributed by atoms with van der Waals surface area (Å²) in [6.45, 7) is 3.12. The molecule has 1 heterocycles. The number of rotatable bonds is 5. The summed E-state index contributed by atoms with van der Waals surface area (Å²) in [5.74, 6) is -1.61. The Bertz CT molecular complexity index is 331. The first-order valence-corrected chi connectivity index (χ1v) is 5.93. The van der Waals surface area contributed by atoms with Crippen LogP contribution in [0.2, 0.25) is 0 Å². The highest BCUT2D eigenvalue weighted by Gasteiger charge is 2.32. The number of nitrogens with zero attached hydrogens (tertiary/aromatic N) is 1. The van der Waals surface area contributed by atoms with E-state index in [1.807, 2.05) is 0 Å². The Morgan fingerprint density at radius 3 is 2.72 bits per heavy atom. The largest absolute Gasteiger partial charge is 0.481 e. The van der Waals surface area contributed by atoms with Crippen molar-refractivity contribution < 1.29 is 24.2 Å². The van der Waals surface area contributed by atoms with Gasteiger partial charge in [0.15, 0.2) is 0 Å². The molecule has 0 bridgehead atoms. The summed E-state index contributed by atoms with van der Waals surface area (Å²) in [7, 11) is 0. The highest BCUT2D eigenvalue weighted by molar-refractivity contribution is 5.89. The van der Waals surface area contributed by atoms with Gasteiger partial charge in [-0.1, -0.05) is 0 Å². The molecule has 1 saturated heterocycles. The highest BCUT2D eigenvalue weighted by Crippen LogP contribution is 2.10. The summed E-state index contributed by atoms with van der Waals surface area (Å²) in [6, 6.07) is -0.653. The molecule has 102 valence electrons. The van der Waals surface area contributed by atoms with Crippen LogP contribution in [0.1, 0.15) is 19.8 Å². The molecule has 1 unspecified atom stereocenters. The second-order valence-corrected chi connectivity index (χ2v) is 3.97. The van der Waals surface area contributed by atoms with Crippen LogP contribution in [0.4, 0.5) is 0 Å². The average Bonchev–Trinajstić information content (AvgIpc) is 2.36. The van der Waals surface area contributed by atoms with Gasteiger partial charge in [0, 0.05) is 19.5 Å². The number of hydrogen-bond donors (Lipinski definition) is 2. The molecule has 0 radical (unpaired) electrons. The predicted octanol–water partition coefficient (Wildman–Crippen LogP) is -0.785. The molecule has 2 amide bonds. The number of aliphatic carboxylic acids is 1. The van der Waals surface area contributed by atoms with E-state index < -0.39 is 12.0 Å². The smallest absolute Gasteiger partial charge is 0.303 e. The summed E-state index contributed by atoms with van der Waals surface area (Å²) in [6.07, 6.45) is -0.316. The molecule has 0 spiro atoms. The molecule has 1 atom stereocenters. The van der Waals surface area contributed by atoms with E-state index in [2.05, 4.69) is 5.32 Å². The van der Waals surface area contributed by atoms with Crippen LogP contribution in [0.3, 0.4) is 0 Å². The minimum absolute atomic E-state index is 0.0920. The van der Waals surface area contributed by atoms with Gasteiger partial charge in [-0.25, -0.2) is 0 Å². The average molecular weight is 258 g/mol. The van der Waals surface area contributed by atoms with Crippen molar-refractivity contribution in [3.63, 3.8) is 0 Å². The fourth-order valence-corrected chi connectivity index (χ4v) is 1.77. The number of carboxylic acids is 1. The zero-order chi connectivity index (χ0) is 13.5. The Kier molecular flexibility index (Phi) is 5.57. The third kappa shape index (κ3) is 3.99. The maximum absolute atomic E-state index is 11.8. The maximum Gasteiger partial charge on any atom is 0.303 e. The summed E-state index contributed by atoms with van der Waals surface area (Å²) in [5, 5.41) is 11.2. The second-order valence-electron chi connectivity index (χ2n) is 3.97. The van der Waals surface area contributed by atoms with Crippen molar-refractivity contribution in [1.29, 1.82) is 0 Å². The van der Waals surface area contributed by atoms with Gasteiger partial charge in [-0.3, -0.25) is 14.4 Å². The van der Waals surface area contributed by atoms with Gasteiger partial charge in [-0.15, -0.1) is 0 Å². The lowest BCUT2D eigenvalue weighted by Crippen LogP contribution is -2.55. The van der Waals surface area contributed by atoms with Gasteiger partial charge in [0.1, 0.15) is 6.04 Å². The molecule has 0 aromatic rings. The first-order chi connectivity index (χ1) is 8.56. The lowest BCUT2D eigenvalue weighted by atomic mass is 10.1. The van der Waals surface area contributed by atoms with Gasteiger partial charge in [-0.05, 0) is 6.92 Å². The number of ether oxygens (including phenoxy) is 1. The number of likely N-dealkylation sites (N-methyl/N-ethyl adjacent to an activating group) is 1. The molecule has 1 aliphatic heterocycles. The van der Waals surface area contributed by atoms with Crippen molar-refractivity contribution in [3.05, 3.63) is 0 Å². The van der Waals surface area contributed by atoms with Gasteiger partial charge in [0.2, 0.25) is 11.8 Å². The number of carbonyl (C=O) groups excluding carboxylic acids is 2. The Balaban J connectivity index is 2.60. The van der Waals surface area contributed by atoms with Crippen molar-refractivity contribution in [1.82, 2.24) is 10.2 Å². The van der Waals surface area contributed by atoms with E-state index >= 15 is 0 Å². The molecular formula is C11H18N2O5. The number of amides is 2. The topological polar surface area (TPSA) is 95.9 Å². The number of nitrogens with one attached hydrogen (secondary N) is 1. The number of morpholine rings is 1. The standard InChI is InChI=1S/C11H18N2O5/c1-2-12-11(17)8-7-18-6-5-13(8)9(14)3-4-10(15)16/h8H,2-7H2,1H3,(H,12,17)(H,15,16). The van der Waals surface area contributed by atoms with E-state index in [-0.39, 0.29) is 31.3 Å². The molecule has 1 fully saturated rings. The zero-order valence-electron chi connectivity index (χ0n) is 10.3. The molecule has 0 aromatic heterocycles. The van der Waals surface area contributed by atoms with E-state index in [0.717, 1.165) is 0 Å². The van der Waals surface area contributed by atoms with E-state index in [9.17, 15) is 14.4 Å². The van der Waals surface area contributed by atoms with Crippen molar-refractivity contribution in [3.8, 4) is 0 Å². The number of hydrogen-bond acceptors (Lipinski definition) is 4. The van der Waals surface area contributed by atoms with Crippen LogP contribution in [-0.4, -0.2) is 60.1 Å². The normalized spacial score (nSPS) is 19.4.